The molecule has 20 heavy (non-hydrogen) atoms. The van der Waals surface area contributed by atoms with Gasteiger partial charge in [-0.3, -0.25) is 4.79 Å². The Bertz CT molecular complexity index is 551. The van der Waals surface area contributed by atoms with Crippen LogP contribution in [0.1, 0.15) is 18.9 Å². The highest BCUT2D eigenvalue weighted by Crippen LogP contribution is 2.16. The second kappa shape index (κ2) is 6.83. The Morgan fingerprint density at radius 1 is 1.30 bits per heavy atom. The third-order valence-corrected chi connectivity index (χ3v) is 4.72. The fourth-order valence-electron chi connectivity index (χ4n) is 1.62. The average molecular weight is 301 g/mol. The number of hydrogen-bond donors (Lipinski definition) is 2. The van der Waals surface area contributed by atoms with Crippen LogP contribution in [-0.2, 0) is 21.2 Å². The minimum atomic E-state index is -3.61. The van der Waals surface area contributed by atoms with Crippen LogP contribution in [0.2, 0.25) is 0 Å². The summed E-state index contributed by atoms with van der Waals surface area (Å²) in [5.74, 6) is -0.963. The predicted molar refractivity (Wildman–Crippen MR) is 73.9 cm³/mol. The third kappa shape index (κ3) is 4.59. The Hall–Kier alpha value is -1.44. The van der Waals surface area contributed by atoms with E-state index in [0.717, 1.165) is 0 Å². The molecule has 1 rings (SSSR count). The minimum Gasteiger partial charge on any atom is -0.481 e. The molecule has 112 valence electrons. The monoisotopic (exact) mass is 301 g/mol. The Labute approximate surface area is 118 Å². The second-order valence-electron chi connectivity index (χ2n) is 4.68. The summed E-state index contributed by atoms with van der Waals surface area (Å²) in [5.41, 5.74) is 0.545. The molecule has 0 saturated heterocycles. The first-order chi connectivity index (χ1) is 9.23. The van der Waals surface area contributed by atoms with Gasteiger partial charge in [-0.1, -0.05) is 12.1 Å². The fourth-order valence-corrected chi connectivity index (χ4v) is 2.81. The molecule has 0 amide bonds. The summed E-state index contributed by atoms with van der Waals surface area (Å²) >= 11 is 0. The van der Waals surface area contributed by atoms with Gasteiger partial charge >= 0.3 is 5.97 Å². The summed E-state index contributed by atoms with van der Waals surface area (Å²) in [6.07, 6.45) is -0.351. The summed E-state index contributed by atoms with van der Waals surface area (Å²) in [6.45, 7) is 1.82. The number of carboxylic acid groups (broad SMARTS) is 1. The van der Waals surface area contributed by atoms with E-state index >= 15 is 0 Å². The number of carbonyl (C=O) groups is 1. The van der Waals surface area contributed by atoms with E-state index in [1.807, 2.05) is 0 Å². The first kappa shape index (κ1) is 16.6. The standard InChI is InChI=1S/C13H19NO5S/c1-10(15)7-8-14(2)20(18,19)12-5-3-11(4-6-12)9-13(16)17/h3-6,10,15H,7-9H2,1-2H3,(H,16,17). The second-order valence-corrected chi connectivity index (χ2v) is 6.72. The molecule has 0 aliphatic heterocycles. The fraction of sp³-hybridized carbons (Fsp3) is 0.462. The zero-order chi connectivity index (χ0) is 15.3. The van der Waals surface area contributed by atoms with Crippen molar-refractivity contribution < 1.29 is 23.4 Å². The van der Waals surface area contributed by atoms with E-state index in [4.69, 9.17) is 5.11 Å². The van der Waals surface area contributed by atoms with Crippen LogP contribution in [0.4, 0.5) is 0 Å². The van der Waals surface area contributed by atoms with Crippen molar-refractivity contribution in [2.75, 3.05) is 13.6 Å². The van der Waals surface area contributed by atoms with Crippen molar-refractivity contribution in [1.29, 1.82) is 0 Å². The molecule has 6 nitrogen and oxygen atoms in total. The van der Waals surface area contributed by atoms with Crippen molar-refractivity contribution in [3.05, 3.63) is 29.8 Å². The molecule has 0 saturated carbocycles. The molecule has 1 unspecified atom stereocenters. The lowest BCUT2D eigenvalue weighted by Crippen LogP contribution is -2.29. The third-order valence-electron chi connectivity index (χ3n) is 2.85. The van der Waals surface area contributed by atoms with Crippen LogP contribution in [0, 0.1) is 0 Å². The van der Waals surface area contributed by atoms with Gasteiger partial charge in [0.25, 0.3) is 0 Å². The van der Waals surface area contributed by atoms with E-state index in [1.54, 1.807) is 6.92 Å². The lowest BCUT2D eigenvalue weighted by atomic mass is 10.2. The van der Waals surface area contributed by atoms with Gasteiger partial charge in [0, 0.05) is 13.6 Å². The highest BCUT2D eigenvalue weighted by Gasteiger charge is 2.20. The molecule has 0 aromatic heterocycles. The zero-order valence-electron chi connectivity index (χ0n) is 11.5. The number of hydrogen-bond acceptors (Lipinski definition) is 4. The van der Waals surface area contributed by atoms with Gasteiger partial charge in [-0.2, -0.15) is 0 Å². The Morgan fingerprint density at radius 3 is 2.30 bits per heavy atom. The molecule has 0 bridgehead atoms. The molecule has 0 radical (unpaired) electrons. The molecule has 0 aliphatic rings. The largest absolute Gasteiger partial charge is 0.481 e. The molecule has 7 heteroatoms. The van der Waals surface area contributed by atoms with Gasteiger partial charge in [0.1, 0.15) is 0 Å². The molecular weight excluding hydrogens is 282 g/mol. The van der Waals surface area contributed by atoms with Crippen LogP contribution in [-0.4, -0.2) is 48.6 Å². The molecule has 0 aliphatic carbocycles. The number of aliphatic hydroxyl groups is 1. The van der Waals surface area contributed by atoms with Gasteiger partial charge in [-0.05, 0) is 31.0 Å². The lowest BCUT2D eigenvalue weighted by Gasteiger charge is -2.18. The van der Waals surface area contributed by atoms with Crippen molar-refractivity contribution in [3.63, 3.8) is 0 Å². The van der Waals surface area contributed by atoms with Crippen molar-refractivity contribution in [2.45, 2.75) is 30.8 Å². The number of benzene rings is 1. The highest BCUT2D eigenvalue weighted by molar-refractivity contribution is 7.89. The summed E-state index contributed by atoms with van der Waals surface area (Å²) in [6, 6.07) is 5.77. The first-order valence-corrected chi connectivity index (χ1v) is 7.62. The maximum atomic E-state index is 12.2. The Morgan fingerprint density at radius 2 is 1.85 bits per heavy atom. The van der Waals surface area contributed by atoms with Gasteiger partial charge in [-0.15, -0.1) is 0 Å². The van der Waals surface area contributed by atoms with E-state index < -0.39 is 22.1 Å². The maximum Gasteiger partial charge on any atom is 0.307 e. The van der Waals surface area contributed by atoms with Crippen LogP contribution in [0.5, 0.6) is 0 Å². The number of rotatable bonds is 7. The van der Waals surface area contributed by atoms with Crippen molar-refractivity contribution >= 4 is 16.0 Å². The normalized spacial score (nSPS) is 13.4. The predicted octanol–water partition coefficient (Wildman–Crippen LogP) is 0.705. The topological polar surface area (TPSA) is 94.9 Å². The van der Waals surface area contributed by atoms with E-state index in [-0.39, 0.29) is 17.9 Å². The van der Waals surface area contributed by atoms with E-state index in [0.29, 0.717) is 12.0 Å². The van der Waals surface area contributed by atoms with Crippen LogP contribution in [0.15, 0.2) is 29.2 Å². The summed E-state index contributed by atoms with van der Waals surface area (Å²) in [7, 11) is -2.16. The summed E-state index contributed by atoms with van der Waals surface area (Å²) < 4.78 is 25.6. The summed E-state index contributed by atoms with van der Waals surface area (Å²) in [5, 5.41) is 17.8. The van der Waals surface area contributed by atoms with E-state index in [2.05, 4.69) is 0 Å². The van der Waals surface area contributed by atoms with Crippen molar-refractivity contribution in [2.24, 2.45) is 0 Å². The molecular formula is C13H19NO5S. The molecule has 1 atom stereocenters. The molecule has 1 aromatic carbocycles. The number of aliphatic carboxylic acids is 1. The maximum absolute atomic E-state index is 12.2. The first-order valence-electron chi connectivity index (χ1n) is 6.18. The SMILES string of the molecule is CC(O)CCN(C)S(=O)(=O)c1ccc(CC(=O)O)cc1. The van der Waals surface area contributed by atoms with Crippen LogP contribution >= 0.6 is 0 Å². The zero-order valence-corrected chi connectivity index (χ0v) is 12.3. The molecule has 0 heterocycles. The van der Waals surface area contributed by atoms with Gasteiger partial charge in [0.2, 0.25) is 10.0 Å². The molecule has 0 spiro atoms. The summed E-state index contributed by atoms with van der Waals surface area (Å²) in [4.78, 5) is 10.7. The van der Waals surface area contributed by atoms with Crippen LogP contribution in [0.25, 0.3) is 0 Å². The van der Waals surface area contributed by atoms with Crippen molar-refractivity contribution in [3.8, 4) is 0 Å². The number of carboxylic acids is 1. The average Bonchev–Trinajstić information content (AvgIpc) is 2.35. The smallest absolute Gasteiger partial charge is 0.307 e. The quantitative estimate of drug-likeness (QED) is 0.773. The number of nitrogens with zero attached hydrogens (tertiary/aromatic N) is 1. The Kier molecular flexibility index (Phi) is 5.67. The van der Waals surface area contributed by atoms with Crippen LogP contribution < -0.4 is 0 Å². The van der Waals surface area contributed by atoms with Gasteiger partial charge in [0.05, 0.1) is 17.4 Å². The Balaban J connectivity index is 2.84. The van der Waals surface area contributed by atoms with E-state index in [1.165, 1.54) is 35.6 Å². The molecule has 0 fully saturated rings. The van der Waals surface area contributed by atoms with Crippen molar-refractivity contribution in [1.82, 2.24) is 4.31 Å². The van der Waals surface area contributed by atoms with Crippen LogP contribution in [0.3, 0.4) is 0 Å². The van der Waals surface area contributed by atoms with Gasteiger partial charge in [0.15, 0.2) is 0 Å². The van der Waals surface area contributed by atoms with Gasteiger partial charge < -0.3 is 10.2 Å². The molecule has 2 N–H and O–H groups in total. The van der Waals surface area contributed by atoms with E-state index in [9.17, 15) is 18.3 Å². The number of sulfonamides is 1. The minimum absolute atomic E-state index is 0.111. The van der Waals surface area contributed by atoms with Gasteiger partial charge in [-0.25, -0.2) is 12.7 Å². The highest BCUT2D eigenvalue weighted by atomic mass is 32.2. The molecule has 1 aromatic rings. The number of aliphatic hydroxyl groups excluding tert-OH is 1. The lowest BCUT2D eigenvalue weighted by molar-refractivity contribution is -0.136.